The third kappa shape index (κ3) is 5.93. The summed E-state index contributed by atoms with van der Waals surface area (Å²) in [5, 5.41) is 6.35. The molecule has 0 saturated carbocycles. The maximum atomic E-state index is 14.8. The lowest BCUT2D eigenvalue weighted by Crippen LogP contribution is -2.17. The molecule has 3 heterocycles. The van der Waals surface area contributed by atoms with Gasteiger partial charge in [-0.25, -0.2) is 23.4 Å². The molecule has 4 aromatic rings. The van der Waals surface area contributed by atoms with Gasteiger partial charge in [0.25, 0.3) is 0 Å². The summed E-state index contributed by atoms with van der Waals surface area (Å²) < 4.78 is 71.9. The van der Waals surface area contributed by atoms with E-state index in [0.717, 1.165) is 18.3 Å². The summed E-state index contributed by atoms with van der Waals surface area (Å²) in [6.07, 6.45) is -1.15. The molecule has 37 heavy (non-hydrogen) atoms. The Labute approximate surface area is 210 Å². The predicted molar refractivity (Wildman–Crippen MR) is 133 cm³/mol. The summed E-state index contributed by atoms with van der Waals surface area (Å²) in [5.41, 5.74) is 4.86. The lowest BCUT2D eigenvalue weighted by Gasteiger charge is -2.15. The Morgan fingerprint density at radius 3 is 2.32 bits per heavy atom. The molecule has 0 atom stereocenters. The first-order valence-electron chi connectivity index (χ1n) is 11.3. The van der Waals surface area contributed by atoms with Gasteiger partial charge in [0, 0.05) is 41.3 Å². The molecule has 0 aliphatic rings. The van der Waals surface area contributed by atoms with Gasteiger partial charge in [0.15, 0.2) is 11.5 Å². The molecule has 0 radical (unpaired) electrons. The average Bonchev–Trinajstić information content (AvgIpc) is 3.32. The van der Waals surface area contributed by atoms with Crippen LogP contribution in [0.5, 0.6) is 0 Å². The average molecular weight is 517 g/mol. The van der Waals surface area contributed by atoms with E-state index in [9.17, 15) is 22.0 Å². The zero-order chi connectivity index (χ0) is 27.3. The Kier molecular flexibility index (Phi) is 8.26. The van der Waals surface area contributed by atoms with Crippen molar-refractivity contribution in [2.75, 3.05) is 11.1 Å². The van der Waals surface area contributed by atoms with Crippen LogP contribution in [0.25, 0.3) is 11.5 Å². The first-order chi connectivity index (χ1) is 17.6. The molecular formula is C26H25F5N6. The van der Waals surface area contributed by atoms with E-state index in [1.807, 2.05) is 13.8 Å². The molecule has 0 bridgehead atoms. The van der Waals surface area contributed by atoms with Gasteiger partial charge in [-0.05, 0) is 48.4 Å². The lowest BCUT2D eigenvalue weighted by molar-refractivity contribution is -0.143. The van der Waals surface area contributed by atoms with Crippen LogP contribution in [0.15, 0.2) is 61.6 Å². The van der Waals surface area contributed by atoms with Gasteiger partial charge in [-0.3, -0.25) is 0 Å². The Morgan fingerprint density at radius 1 is 1.05 bits per heavy atom. The molecule has 0 saturated heterocycles. The van der Waals surface area contributed by atoms with E-state index >= 15 is 0 Å². The van der Waals surface area contributed by atoms with Gasteiger partial charge in [0.1, 0.15) is 17.5 Å². The van der Waals surface area contributed by atoms with Crippen LogP contribution < -0.4 is 11.1 Å². The van der Waals surface area contributed by atoms with Crippen LogP contribution in [0.3, 0.4) is 0 Å². The Bertz CT molecular complexity index is 1370. The van der Waals surface area contributed by atoms with Crippen LogP contribution in [-0.4, -0.2) is 19.7 Å². The van der Waals surface area contributed by atoms with Crippen molar-refractivity contribution in [3.63, 3.8) is 0 Å². The van der Waals surface area contributed by atoms with Crippen molar-refractivity contribution >= 4 is 17.2 Å². The summed E-state index contributed by atoms with van der Waals surface area (Å²) in [6, 6.07) is 8.02. The minimum Gasteiger partial charge on any atom is -0.383 e. The number of nitrogens with zero attached hydrogens (tertiary/aromatic N) is 4. The van der Waals surface area contributed by atoms with Crippen LogP contribution in [0.1, 0.15) is 41.8 Å². The molecule has 1 aromatic carbocycles. The van der Waals surface area contributed by atoms with Crippen LogP contribution in [-0.2, 0) is 12.6 Å². The van der Waals surface area contributed by atoms with Crippen molar-refractivity contribution in [3.05, 3.63) is 101 Å². The maximum absolute atomic E-state index is 14.8. The van der Waals surface area contributed by atoms with Gasteiger partial charge in [-0.2, -0.15) is 18.3 Å². The number of pyridine rings is 2. The molecule has 3 N–H and O–H groups in total. The minimum absolute atomic E-state index is 0.0487. The van der Waals surface area contributed by atoms with Gasteiger partial charge in [0.2, 0.25) is 0 Å². The van der Waals surface area contributed by atoms with E-state index in [0.29, 0.717) is 15.8 Å². The molecule has 0 amide bonds. The number of rotatable bonds is 6. The summed E-state index contributed by atoms with van der Waals surface area (Å²) in [4.78, 5) is 7.82. The number of benzene rings is 1. The standard InChI is InChI=1S/C24H19F5N6.C2H6/c1-13-15(6-8-32-23(13)30)9-17-19(25)10-16(11-20(17)26)34-14(2)18-12-33-35(22(18)24(27,28)29)21-5-3-4-7-31-21;1-2/h3-8,10-12,34H,2,9H2,1H3,(H2,30,32);1-2H3. The van der Waals surface area contributed by atoms with Crippen LogP contribution in [0.2, 0.25) is 0 Å². The maximum Gasteiger partial charge on any atom is 0.434 e. The van der Waals surface area contributed by atoms with Crippen molar-refractivity contribution in [2.45, 2.75) is 33.4 Å². The van der Waals surface area contributed by atoms with Gasteiger partial charge in [0.05, 0.1) is 6.20 Å². The van der Waals surface area contributed by atoms with Crippen LogP contribution in [0.4, 0.5) is 33.5 Å². The first kappa shape index (κ1) is 27.3. The molecule has 3 aromatic heterocycles. The second kappa shape index (κ2) is 11.2. The Hall–Kier alpha value is -4.28. The number of aromatic nitrogens is 4. The van der Waals surface area contributed by atoms with Gasteiger partial charge < -0.3 is 11.1 Å². The fraction of sp³-hybridized carbons (Fsp3) is 0.192. The second-order valence-electron chi connectivity index (χ2n) is 7.68. The molecular weight excluding hydrogens is 491 g/mol. The van der Waals surface area contributed by atoms with Gasteiger partial charge in [-0.15, -0.1) is 0 Å². The summed E-state index contributed by atoms with van der Waals surface area (Å²) >= 11 is 0. The van der Waals surface area contributed by atoms with Crippen LogP contribution in [0, 0.1) is 18.6 Å². The zero-order valence-corrected chi connectivity index (χ0v) is 20.4. The summed E-state index contributed by atoms with van der Waals surface area (Å²) in [5.74, 6) is -1.55. The smallest absolute Gasteiger partial charge is 0.383 e. The van der Waals surface area contributed by atoms with Gasteiger partial charge >= 0.3 is 6.18 Å². The van der Waals surface area contributed by atoms with Crippen molar-refractivity contribution in [1.82, 2.24) is 19.7 Å². The normalized spacial score (nSPS) is 11.0. The molecule has 0 aliphatic heterocycles. The first-order valence-corrected chi connectivity index (χ1v) is 11.3. The van der Waals surface area contributed by atoms with Crippen molar-refractivity contribution in [2.24, 2.45) is 0 Å². The number of halogens is 5. The molecule has 0 unspecified atom stereocenters. The Balaban J connectivity index is 0.00000186. The van der Waals surface area contributed by atoms with E-state index in [2.05, 4.69) is 27.0 Å². The molecule has 6 nitrogen and oxygen atoms in total. The number of hydrogen-bond donors (Lipinski definition) is 2. The SMILES string of the molecule is C=C(Nc1cc(F)c(Cc2ccnc(N)c2C)c(F)c1)c1cnn(-c2ccccn2)c1C(F)(F)F.CC. The highest BCUT2D eigenvalue weighted by Crippen LogP contribution is 2.36. The largest absolute Gasteiger partial charge is 0.434 e. The highest BCUT2D eigenvalue weighted by atomic mass is 19.4. The lowest BCUT2D eigenvalue weighted by atomic mass is 10.0. The fourth-order valence-electron chi connectivity index (χ4n) is 3.56. The predicted octanol–water partition coefficient (Wildman–Crippen LogP) is 6.55. The third-order valence-electron chi connectivity index (χ3n) is 5.39. The molecule has 0 spiro atoms. The monoisotopic (exact) mass is 516 g/mol. The number of alkyl halides is 3. The van der Waals surface area contributed by atoms with Crippen molar-refractivity contribution in [3.8, 4) is 5.82 Å². The third-order valence-corrected chi connectivity index (χ3v) is 5.39. The van der Waals surface area contributed by atoms with E-state index in [4.69, 9.17) is 5.73 Å². The Morgan fingerprint density at radius 2 is 1.73 bits per heavy atom. The second-order valence-corrected chi connectivity index (χ2v) is 7.68. The fourth-order valence-corrected chi connectivity index (χ4v) is 3.56. The summed E-state index contributed by atoms with van der Waals surface area (Å²) in [7, 11) is 0. The molecule has 4 rings (SSSR count). The van der Waals surface area contributed by atoms with E-state index in [-0.39, 0.29) is 35.0 Å². The number of anilines is 2. The van der Waals surface area contributed by atoms with E-state index in [1.165, 1.54) is 24.5 Å². The number of hydrogen-bond acceptors (Lipinski definition) is 5. The molecule has 0 aliphatic carbocycles. The van der Waals surface area contributed by atoms with E-state index in [1.54, 1.807) is 19.1 Å². The molecule has 194 valence electrons. The number of nitrogens with two attached hydrogens (primary N) is 1. The quantitative estimate of drug-likeness (QED) is 0.284. The van der Waals surface area contributed by atoms with Gasteiger partial charge in [-0.1, -0.05) is 26.5 Å². The number of nitrogen functional groups attached to an aromatic ring is 1. The molecule has 0 fully saturated rings. The zero-order valence-electron chi connectivity index (χ0n) is 20.4. The van der Waals surface area contributed by atoms with E-state index < -0.39 is 29.1 Å². The van der Waals surface area contributed by atoms with Crippen molar-refractivity contribution in [1.29, 1.82) is 0 Å². The number of nitrogens with one attached hydrogen (secondary N) is 1. The molecule has 11 heteroatoms. The minimum atomic E-state index is -4.81. The van der Waals surface area contributed by atoms with Crippen LogP contribution >= 0.6 is 0 Å². The highest BCUT2D eigenvalue weighted by Gasteiger charge is 2.39. The van der Waals surface area contributed by atoms with Crippen molar-refractivity contribution < 1.29 is 22.0 Å². The summed E-state index contributed by atoms with van der Waals surface area (Å²) in [6.45, 7) is 9.31. The topological polar surface area (TPSA) is 81.6 Å². The highest BCUT2D eigenvalue weighted by molar-refractivity contribution is 5.76.